The fourth-order valence-corrected chi connectivity index (χ4v) is 2.84. The maximum atomic E-state index is 11.7. The average molecular weight is 342 g/mol. The van der Waals surface area contributed by atoms with E-state index in [-0.39, 0.29) is 5.82 Å². The summed E-state index contributed by atoms with van der Waals surface area (Å²) in [5.74, 6) is 0.788. The Morgan fingerprint density at radius 1 is 1.29 bits per heavy atom. The second kappa shape index (κ2) is 5.61. The number of anilines is 2. The third kappa shape index (κ3) is 2.30. The van der Waals surface area contributed by atoms with Crippen molar-refractivity contribution in [3.05, 3.63) is 59.3 Å². The fraction of sp³-hybridized carbons (Fsp3) is 0.125. The van der Waals surface area contributed by atoms with Gasteiger partial charge in [-0.05, 0) is 30.3 Å². The molecule has 0 N–H and O–H groups in total. The number of hydrogen-bond donors (Lipinski definition) is 0. The SMILES string of the molecule is COC(=O)c1nc2n(n1)-c1cccnc1N(c1cccc(Cl)c1)C2. The Hall–Kier alpha value is -2.93. The highest BCUT2D eigenvalue weighted by molar-refractivity contribution is 6.30. The first kappa shape index (κ1) is 14.6. The van der Waals surface area contributed by atoms with Gasteiger partial charge in [0.25, 0.3) is 5.82 Å². The molecule has 1 aliphatic rings. The van der Waals surface area contributed by atoms with E-state index in [0.29, 0.717) is 23.2 Å². The van der Waals surface area contributed by atoms with Crippen LogP contribution in [0.15, 0.2) is 42.6 Å². The number of benzene rings is 1. The van der Waals surface area contributed by atoms with Crippen LogP contribution in [0.25, 0.3) is 5.69 Å². The third-order valence-electron chi connectivity index (χ3n) is 3.71. The second-order valence-corrected chi connectivity index (χ2v) is 5.60. The van der Waals surface area contributed by atoms with E-state index in [1.807, 2.05) is 41.3 Å². The number of hydrogen-bond acceptors (Lipinski definition) is 6. The summed E-state index contributed by atoms with van der Waals surface area (Å²) in [6.07, 6.45) is 1.71. The second-order valence-electron chi connectivity index (χ2n) is 5.17. The number of ether oxygens (including phenoxy) is 1. The molecule has 8 heteroatoms. The van der Waals surface area contributed by atoms with Crippen molar-refractivity contribution in [3.8, 4) is 5.69 Å². The number of halogens is 1. The summed E-state index contributed by atoms with van der Waals surface area (Å²) < 4.78 is 6.33. The van der Waals surface area contributed by atoms with Crippen molar-refractivity contribution in [3.63, 3.8) is 0 Å². The van der Waals surface area contributed by atoms with Crippen molar-refractivity contribution >= 4 is 29.1 Å². The molecule has 0 unspecified atom stereocenters. The molecule has 1 aromatic carbocycles. The molecule has 0 saturated carbocycles. The van der Waals surface area contributed by atoms with E-state index in [1.54, 1.807) is 10.9 Å². The Morgan fingerprint density at radius 2 is 2.17 bits per heavy atom. The van der Waals surface area contributed by atoms with Crippen LogP contribution in [0.5, 0.6) is 0 Å². The number of aromatic nitrogens is 4. The Kier molecular flexibility index (Phi) is 3.42. The molecule has 3 aromatic rings. The van der Waals surface area contributed by atoms with Crippen LogP contribution in [0.2, 0.25) is 5.02 Å². The van der Waals surface area contributed by atoms with E-state index in [9.17, 15) is 4.79 Å². The van der Waals surface area contributed by atoms with Crippen molar-refractivity contribution in [1.82, 2.24) is 19.7 Å². The van der Waals surface area contributed by atoms with E-state index >= 15 is 0 Å². The molecule has 0 spiro atoms. The maximum Gasteiger partial charge on any atom is 0.377 e. The van der Waals surface area contributed by atoms with Crippen molar-refractivity contribution in [1.29, 1.82) is 0 Å². The topological polar surface area (TPSA) is 73.1 Å². The summed E-state index contributed by atoms with van der Waals surface area (Å²) in [5, 5.41) is 4.88. The van der Waals surface area contributed by atoms with Crippen LogP contribution in [0.3, 0.4) is 0 Å². The van der Waals surface area contributed by atoms with E-state index in [0.717, 1.165) is 11.4 Å². The Labute approximate surface area is 142 Å². The summed E-state index contributed by atoms with van der Waals surface area (Å²) in [5.41, 5.74) is 1.62. The quantitative estimate of drug-likeness (QED) is 0.667. The number of nitrogens with zero attached hydrogens (tertiary/aromatic N) is 5. The van der Waals surface area contributed by atoms with Gasteiger partial charge in [-0.15, -0.1) is 5.10 Å². The zero-order chi connectivity index (χ0) is 16.7. The van der Waals surface area contributed by atoms with Crippen molar-refractivity contribution in [2.75, 3.05) is 12.0 Å². The van der Waals surface area contributed by atoms with Gasteiger partial charge in [0.15, 0.2) is 11.6 Å². The minimum absolute atomic E-state index is 0.0234. The molecule has 24 heavy (non-hydrogen) atoms. The number of esters is 1. The molecule has 0 radical (unpaired) electrons. The van der Waals surface area contributed by atoms with Gasteiger partial charge in [0.2, 0.25) is 0 Å². The van der Waals surface area contributed by atoms with Crippen LogP contribution in [-0.4, -0.2) is 32.8 Å². The molecule has 7 nitrogen and oxygen atoms in total. The molecule has 0 bridgehead atoms. The molecule has 2 aromatic heterocycles. The van der Waals surface area contributed by atoms with Gasteiger partial charge in [0.05, 0.1) is 13.7 Å². The van der Waals surface area contributed by atoms with Gasteiger partial charge >= 0.3 is 5.97 Å². The summed E-state index contributed by atoms with van der Waals surface area (Å²) in [6.45, 7) is 0.411. The zero-order valence-corrected chi connectivity index (χ0v) is 13.4. The van der Waals surface area contributed by atoms with Gasteiger partial charge in [-0.2, -0.15) is 0 Å². The normalized spacial score (nSPS) is 12.5. The lowest BCUT2D eigenvalue weighted by Crippen LogP contribution is -2.27. The maximum absolute atomic E-state index is 11.7. The van der Waals surface area contributed by atoms with Crippen LogP contribution in [0.4, 0.5) is 11.5 Å². The zero-order valence-electron chi connectivity index (χ0n) is 12.7. The molecular weight excluding hydrogens is 330 g/mol. The Morgan fingerprint density at radius 3 is 2.96 bits per heavy atom. The summed E-state index contributed by atoms with van der Waals surface area (Å²) in [6, 6.07) is 11.2. The number of fused-ring (bicyclic) bond motifs is 3. The first-order valence-electron chi connectivity index (χ1n) is 7.20. The number of carbonyl (C=O) groups excluding carboxylic acids is 1. The smallest absolute Gasteiger partial charge is 0.377 e. The molecule has 1 aliphatic heterocycles. The van der Waals surface area contributed by atoms with Gasteiger partial charge in [-0.3, -0.25) is 0 Å². The first-order chi connectivity index (χ1) is 11.7. The molecular formula is C16H12ClN5O2. The predicted molar refractivity (Wildman–Crippen MR) is 87.8 cm³/mol. The van der Waals surface area contributed by atoms with Crippen LogP contribution >= 0.6 is 11.6 Å². The molecule has 0 fully saturated rings. The van der Waals surface area contributed by atoms with E-state index in [1.165, 1.54) is 7.11 Å². The van der Waals surface area contributed by atoms with Gasteiger partial charge < -0.3 is 9.64 Å². The van der Waals surface area contributed by atoms with Crippen molar-refractivity contribution in [2.45, 2.75) is 6.54 Å². The minimum atomic E-state index is -0.573. The number of methoxy groups -OCH3 is 1. The van der Waals surface area contributed by atoms with Gasteiger partial charge in [-0.25, -0.2) is 19.4 Å². The molecule has 4 rings (SSSR count). The van der Waals surface area contributed by atoms with Gasteiger partial charge in [0.1, 0.15) is 5.69 Å². The first-order valence-corrected chi connectivity index (χ1v) is 7.58. The molecule has 0 atom stereocenters. The average Bonchev–Trinajstić information content (AvgIpc) is 3.04. The standard InChI is InChI=1S/C16H12ClN5O2/c1-24-16(23)14-19-13-9-21(11-5-2-4-10(17)8-11)15-12(22(13)20-14)6-3-7-18-15/h2-8H,9H2,1H3. The lowest BCUT2D eigenvalue weighted by atomic mass is 10.2. The van der Waals surface area contributed by atoms with E-state index in [4.69, 9.17) is 16.3 Å². The fourth-order valence-electron chi connectivity index (χ4n) is 2.65. The molecule has 0 amide bonds. The van der Waals surface area contributed by atoms with E-state index in [2.05, 4.69) is 15.1 Å². The van der Waals surface area contributed by atoms with Crippen molar-refractivity contribution in [2.24, 2.45) is 0 Å². The highest BCUT2D eigenvalue weighted by Crippen LogP contribution is 2.35. The number of pyridine rings is 1. The predicted octanol–water partition coefficient (Wildman–Crippen LogP) is 2.75. The summed E-state index contributed by atoms with van der Waals surface area (Å²) in [4.78, 5) is 22.5. The summed E-state index contributed by atoms with van der Waals surface area (Å²) in [7, 11) is 1.30. The van der Waals surface area contributed by atoms with Crippen molar-refractivity contribution < 1.29 is 9.53 Å². The largest absolute Gasteiger partial charge is 0.463 e. The third-order valence-corrected chi connectivity index (χ3v) is 3.95. The number of carbonyl (C=O) groups is 1. The Balaban J connectivity index is 1.87. The highest BCUT2D eigenvalue weighted by Gasteiger charge is 2.28. The van der Waals surface area contributed by atoms with Gasteiger partial charge in [0, 0.05) is 16.9 Å². The minimum Gasteiger partial charge on any atom is -0.463 e. The highest BCUT2D eigenvalue weighted by atomic mass is 35.5. The lowest BCUT2D eigenvalue weighted by Gasteiger charge is -2.29. The lowest BCUT2D eigenvalue weighted by molar-refractivity contribution is 0.0587. The molecule has 3 heterocycles. The van der Waals surface area contributed by atoms with Crippen LogP contribution in [0, 0.1) is 0 Å². The van der Waals surface area contributed by atoms with Crippen LogP contribution in [-0.2, 0) is 11.3 Å². The summed E-state index contributed by atoms with van der Waals surface area (Å²) >= 11 is 6.11. The van der Waals surface area contributed by atoms with E-state index < -0.39 is 5.97 Å². The van der Waals surface area contributed by atoms with Crippen LogP contribution < -0.4 is 4.90 Å². The Bertz CT molecular complexity index is 940. The van der Waals surface area contributed by atoms with Crippen LogP contribution in [0.1, 0.15) is 16.4 Å². The molecule has 120 valence electrons. The molecule has 0 aliphatic carbocycles. The monoisotopic (exact) mass is 341 g/mol. The number of rotatable bonds is 2. The molecule has 0 saturated heterocycles. The van der Waals surface area contributed by atoms with Gasteiger partial charge in [-0.1, -0.05) is 17.7 Å².